The average Bonchev–Trinajstić information content (AvgIpc) is 3.58. The van der Waals surface area contributed by atoms with Gasteiger partial charge in [-0.05, 0) is 43.7 Å². The van der Waals surface area contributed by atoms with E-state index in [4.69, 9.17) is 15.2 Å². The van der Waals surface area contributed by atoms with E-state index in [1.165, 1.54) is 0 Å². The summed E-state index contributed by atoms with van der Waals surface area (Å²) in [6, 6.07) is 0.891. The predicted octanol–water partition coefficient (Wildman–Crippen LogP) is 2.42. The Bertz CT molecular complexity index is 1240. The van der Waals surface area contributed by atoms with Crippen molar-refractivity contribution in [2.24, 2.45) is 11.7 Å². The highest BCUT2D eigenvalue weighted by Crippen LogP contribution is 2.32. The number of benzene rings is 1. The molecule has 4 unspecified atom stereocenters. The standard InChI is InChI=1S/C25H32F3N5O4S/c1-15(16-2-5-33(6-3-16)38(34,35)18-4-7-36-14-18)37-17-10-30-25(31-11-17)32-12-20(24(29)13-32)19-8-22(27)23(28)9-21(19)26/h8-11,15-16,18,20,24H,2-7,12-14,29H2,1H3. The zero-order valence-electron chi connectivity index (χ0n) is 21.1. The van der Waals surface area contributed by atoms with Crippen LogP contribution < -0.4 is 15.4 Å². The van der Waals surface area contributed by atoms with Crippen molar-refractivity contribution in [3.05, 3.63) is 47.5 Å². The van der Waals surface area contributed by atoms with Gasteiger partial charge in [0.2, 0.25) is 16.0 Å². The third kappa shape index (κ3) is 5.47. The Balaban J connectivity index is 1.15. The van der Waals surface area contributed by atoms with Crippen LogP contribution in [0, 0.1) is 23.4 Å². The maximum Gasteiger partial charge on any atom is 0.225 e. The van der Waals surface area contributed by atoms with Crippen molar-refractivity contribution in [1.29, 1.82) is 0 Å². The molecule has 9 nitrogen and oxygen atoms in total. The molecule has 3 fully saturated rings. The summed E-state index contributed by atoms with van der Waals surface area (Å²) in [5.41, 5.74) is 6.22. The van der Waals surface area contributed by atoms with Crippen LogP contribution in [-0.2, 0) is 14.8 Å². The molecule has 1 aromatic carbocycles. The fourth-order valence-electron chi connectivity index (χ4n) is 5.55. The van der Waals surface area contributed by atoms with Crippen LogP contribution in [0.3, 0.4) is 0 Å². The number of hydrogen-bond donors (Lipinski definition) is 1. The van der Waals surface area contributed by atoms with Crippen LogP contribution in [0.15, 0.2) is 24.5 Å². The van der Waals surface area contributed by atoms with Crippen molar-refractivity contribution in [2.45, 2.75) is 49.5 Å². The molecule has 0 radical (unpaired) electrons. The lowest BCUT2D eigenvalue weighted by Crippen LogP contribution is -2.45. The Morgan fingerprint density at radius 2 is 1.74 bits per heavy atom. The van der Waals surface area contributed by atoms with Gasteiger partial charge in [0.15, 0.2) is 17.4 Å². The highest BCUT2D eigenvalue weighted by atomic mass is 32.2. The molecule has 2 aromatic rings. The number of sulfonamides is 1. The molecule has 0 bridgehead atoms. The van der Waals surface area contributed by atoms with E-state index in [0.717, 1.165) is 6.07 Å². The molecule has 3 aliphatic heterocycles. The van der Waals surface area contributed by atoms with Crippen molar-refractivity contribution in [2.75, 3.05) is 44.3 Å². The second-order valence-corrected chi connectivity index (χ2v) is 12.5. The van der Waals surface area contributed by atoms with Gasteiger partial charge in [-0.15, -0.1) is 0 Å². The van der Waals surface area contributed by atoms with Crippen molar-refractivity contribution in [3.8, 4) is 5.75 Å². The van der Waals surface area contributed by atoms with Crippen LogP contribution in [0.5, 0.6) is 5.75 Å². The van der Waals surface area contributed by atoms with Gasteiger partial charge in [0.25, 0.3) is 0 Å². The number of ether oxygens (including phenoxy) is 2. The maximum atomic E-state index is 14.3. The minimum Gasteiger partial charge on any atom is -0.487 e. The second-order valence-electron chi connectivity index (χ2n) is 10.3. The zero-order chi connectivity index (χ0) is 27.0. The molecule has 2 N–H and O–H groups in total. The molecule has 1 aromatic heterocycles. The lowest BCUT2D eigenvalue weighted by molar-refractivity contribution is 0.110. The molecule has 4 heterocycles. The largest absolute Gasteiger partial charge is 0.487 e. The Morgan fingerprint density at radius 3 is 2.39 bits per heavy atom. The molecular weight excluding hydrogens is 523 g/mol. The molecule has 13 heteroatoms. The molecule has 0 saturated carbocycles. The Labute approximate surface area is 220 Å². The van der Waals surface area contributed by atoms with Gasteiger partial charge >= 0.3 is 0 Å². The van der Waals surface area contributed by atoms with Crippen LogP contribution in [0.25, 0.3) is 0 Å². The first-order valence-corrected chi connectivity index (χ1v) is 14.3. The van der Waals surface area contributed by atoms with Gasteiger partial charge in [-0.1, -0.05) is 0 Å². The molecule has 38 heavy (non-hydrogen) atoms. The van der Waals surface area contributed by atoms with Crippen LogP contribution >= 0.6 is 0 Å². The van der Waals surface area contributed by atoms with Gasteiger partial charge in [-0.2, -0.15) is 0 Å². The number of rotatable bonds is 7. The first-order valence-electron chi connectivity index (χ1n) is 12.8. The van der Waals surface area contributed by atoms with Gasteiger partial charge in [-0.25, -0.2) is 35.9 Å². The smallest absolute Gasteiger partial charge is 0.225 e. The minimum absolute atomic E-state index is 0.0306. The molecule has 0 amide bonds. The SMILES string of the molecule is CC(Oc1cnc(N2CC(N)C(c3cc(F)c(F)cc3F)C2)nc1)C1CCN(S(=O)(=O)C2CCOC2)CC1. The summed E-state index contributed by atoms with van der Waals surface area (Å²) in [6.45, 7) is 4.22. The summed E-state index contributed by atoms with van der Waals surface area (Å²) < 4.78 is 79.8. The van der Waals surface area contributed by atoms with Gasteiger partial charge in [0.05, 0.1) is 25.1 Å². The highest BCUT2D eigenvalue weighted by Gasteiger charge is 2.38. The van der Waals surface area contributed by atoms with Crippen molar-refractivity contribution >= 4 is 16.0 Å². The summed E-state index contributed by atoms with van der Waals surface area (Å²) in [5.74, 6) is -2.69. The van der Waals surface area contributed by atoms with E-state index in [2.05, 4.69) is 9.97 Å². The van der Waals surface area contributed by atoms with Crippen LogP contribution in [0.4, 0.5) is 19.1 Å². The second kappa shape index (κ2) is 10.9. The predicted molar refractivity (Wildman–Crippen MR) is 134 cm³/mol. The van der Waals surface area contributed by atoms with E-state index in [1.807, 2.05) is 6.92 Å². The summed E-state index contributed by atoms with van der Waals surface area (Å²) in [5, 5.41) is -0.445. The Morgan fingerprint density at radius 1 is 1.05 bits per heavy atom. The highest BCUT2D eigenvalue weighted by molar-refractivity contribution is 7.89. The maximum absolute atomic E-state index is 14.3. The molecule has 208 valence electrons. The number of anilines is 1. The lowest BCUT2D eigenvalue weighted by atomic mass is 9.93. The van der Waals surface area contributed by atoms with Gasteiger partial charge in [0.1, 0.15) is 11.1 Å². The fraction of sp³-hybridized carbons (Fsp3) is 0.600. The lowest BCUT2D eigenvalue weighted by Gasteiger charge is -2.35. The number of hydrogen-bond acceptors (Lipinski definition) is 8. The number of halogens is 3. The molecule has 0 spiro atoms. The molecule has 0 aliphatic carbocycles. The molecule has 3 saturated heterocycles. The number of piperidine rings is 1. The van der Waals surface area contributed by atoms with Gasteiger partial charge < -0.3 is 20.1 Å². The van der Waals surface area contributed by atoms with Crippen LogP contribution in [0.2, 0.25) is 0 Å². The number of nitrogens with zero attached hydrogens (tertiary/aromatic N) is 4. The molecule has 4 atom stereocenters. The van der Waals surface area contributed by atoms with E-state index >= 15 is 0 Å². The van der Waals surface area contributed by atoms with Crippen molar-refractivity contribution < 1.29 is 31.1 Å². The molecular formula is C25H32F3N5O4S. The van der Waals surface area contributed by atoms with E-state index in [9.17, 15) is 21.6 Å². The van der Waals surface area contributed by atoms with Crippen molar-refractivity contribution in [1.82, 2.24) is 14.3 Å². The number of aromatic nitrogens is 2. The topological polar surface area (TPSA) is 111 Å². The Hall–Kier alpha value is -2.48. The van der Waals surface area contributed by atoms with E-state index < -0.39 is 44.7 Å². The third-order valence-electron chi connectivity index (χ3n) is 7.85. The van der Waals surface area contributed by atoms with E-state index in [0.29, 0.717) is 63.3 Å². The monoisotopic (exact) mass is 555 g/mol. The molecule has 5 rings (SSSR count). The number of nitrogens with two attached hydrogens (primary N) is 1. The zero-order valence-corrected chi connectivity index (χ0v) is 21.9. The summed E-state index contributed by atoms with van der Waals surface area (Å²) in [4.78, 5) is 10.5. The van der Waals surface area contributed by atoms with Crippen LogP contribution in [0.1, 0.15) is 37.7 Å². The fourth-order valence-corrected chi connectivity index (χ4v) is 7.35. The third-order valence-corrected chi connectivity index (χ3v) is 10.2. The Kier molecular flexibility index (Phi) is 7.81. The van der Waals surface area contributed by atoms with E-state index in [-0.39, 0.29) is 30.7 Å². The first-order chi connectivity index (χ1) is 18.1. The normalized spacial score (nSPS) is 26.1. The van der Waals surface area contributed by atoms with Crippen molar-refractivity contribution in [3.63, 3.8) is 0 Å². The summed E-state index contributed by atoms with van der Waals surface area (Å²) >= 11 is 0. The van der Waals surface area contributed by atoms with Crippen LogP contribution in [-0.4, -0.2) is 79.5 Å². The van der Waals surface area contributed by atoms with Gasteiger partial charge in [0, 0.05) is 50.8 Å². The first kappa shape index (κ1) is 27.1. The molecule has 3 aliphatic rings. The van der Waals surface area contributed by atoms with Gasteiger partial charge in [-0.3, -0.25) is 0 Å². The minimum atomic E-state index is -3.34. The summed E-state index contributed by atoms with van der Waals surface area (Å²) in [6.07, 6.45) is 4.88. The quantitative estimate of drug-likeness (QED) is 0.519. The van der Waals surface area contributed by atoms with E-state index in [1.54, 1.807) is 21.6 Å². The average molecular weight is 556 g/mol. The summed E-state index contributed by atoms with van der Waals surface area (Å²) in [7, 11) is -3.34.